The van der Waals surface area contributed by atoms with E-state index < -0.39 is 0 Å². The van der Waals surface area contributed by atoms with Crippen molar-refractivity contribution < 1.29 is 0 Å². The number of azo groups is 1. The van der Waals surface area contributed by atoms with Gasteiger partial charge in [0.25, 0.3) is 0 Å². The van der Waals surface area contributed by atoms with E-state index in [9.17, 15) is 0 Å². The minimum Gasteiger partial charge on any atom is -0.367 e. The monoisotopic (exact) mass is 196 g/mol. The van der Waals surface area contributed by atoms with Crippen LogP contribution >= 0.6 is 11.6 Å². The smallest absolute Gasteiger partial charge is 0.232 e. The minimum atomic E-state index is -0.283. The van der Waals surface area contributed by atoms with Gasteiger partial charge in [-0.05, 0) is 17.7 Å². The highest BCUT2D eigenvalue weighted by atomic mass is 35.5. The van der Waals surface area contributed by atoms with Gasteiger partial charge in [-0.3, -0.25) is 5.41 Å². The second kappa shape index (κ2) is 4.57. The van der Waals surface area contributed by atoms with E-state index in [-0.39, 0.29) is 5.96 Å². The molecule has 68 valence electrons. The van der Waals surface area contributed by atoms with E-state index in [0.29, 0.717) is 11.6 Å². The third-order valence-corrected chi connectivity index (χ3v) is 1.60. The Hall–Kier alpha value is -1.42. The number of rotatable bonds is 2. The fraction of sp³-hybridized carbons (Fsp3) is 0.125. The molecule has 0 aliphatic rings. The lowest BCUT2D eigenvalue weighted by molar-refractivity contribution is 0.964. The Bertz CT molecular complexity index is 317. The molecule has 0 unspecified atom stereocenters. The second-order valence-electron chi connectivity index (χ2n) is 2.41. The lowest BCUT2D eigenvalue weighted by Crippen LogP contribution is -2.03. The number of hydrogen-bond acceptors (Lipinski definition) is 2. The Labute approximate surface area is 80.9 Å². The third-order valence-electron chi connectivity index (χ3n) is 1.34. The highest BCUT2D eigenvalue weighted by molar-refractivity contribution is 6.30. The molecule has 0 radical (unpaired) electrons. The van der Waals surface area contributed by atoms with Crippen LogP contribution in [0.25, 0.3) is 0 Å². The predicted molar refractivity (Wildman–Crippen MR) is 51.9 cm³/mol. The van der Waals surface area contributed by atoms with Gasteiger partial charge in [0.05, 0.1) is 6.54 Å². The largest absolute Gasteiger partial charge is 0.367 e. The average Bonchev–Trinajstić information content (AvgIpc) is 2.08. The molecule has 0 fully saturated rings. The highest BCUT2D eigenvalue weighted by Gasteiger charge is 1.90. The molecule has 0 atom stereocenters. The second-order valence-corrected chi connectivity index (χ2v) is 2.85. The normalized spacial score (nSPS) is 10.5. The van der Waals surface area contributed by atoms with Crippen LogP contribution in [0, 0.1) is 5.41 Å². The fourth-order valence-corrected chi connectivity index (χ4v) is 0.909. The number of guanidine groups is 1. The molecule has 0 heterocycles. The lowest BCUT2D eigenvalue weighted by atomic mass is 10.2. The summed E-state index contributed by atoms with van der Waals surface area (Å²) >= 11 is 5.69. The van der Waals surface area contributed by atoms with Gasteiger partial charge in [-0.15, -0.1) is 5.11 Å². The molecule has 0 saturated heterocycles. The Morgan fingerprint density at radius 2 is 2.00 bits per heavy atom. The van der Waals surface area contributed by atoms with Crippen LogP contribution in [0.5, 0.6) is 0 Å². The van der Waals surface area contributed by atoms with Crippen molar-refractivity contribution in [2.24, 2.45) is 16.0 Å². The molecular formula is C8H9ClN4. The van der Waals surface area contributed by atoms with Gasteiger partial charge >= 0.3 is 0 Å². The molecule has 0 spiro atoms. The lowest BCUT2D eigenvalue weighted by Gasteiger charge is -1.94. The molecule has 0 amide bonds. The SMILES string of the molecule is N=C(N)N=NCc1ccc(Cl)cc1. The van der Waals surface area contributed by atoms with E-state index in [0.717, 1.165) is 5.56 Å². The average molecular weight is 197 g/mol. The first kappa shape index (κ1) is 9.67. The van der Waals surface area contributed by atoms with E-state index in [2.05, 4.69) is 10.2 Å². The summed E-state index contributed by atoms with van der Waals surface area (Å²) in [6.45, 7) is 0.413. The van der Waals surface area contributed by atoms with Gasteiger partial charge in [0.2, 0.25) is 5.96 Å². The molecule has 1 aromatic carbocycles. The van der Waals surface area contributed by atoms with Crippen molar-refractivity contribution in [1.82, 2.24) is 0 Å². The highest BCUT2D eigenvalue weighted by Crippen LogP contribution is 2.09. The maximum Gasteiger partial charge on any atom is 0.232 e. The van der Waals surface area contributed by atoms with Crippen molar-refractivity contribution in [3.05, 3.63) is 34.9 Å². The molecule has 0 aliphatic heterocycles. The summed E-state index contributed by atoms with van der Waals surface area (Å²) in [7, 11) is 0. The third kappa shape index (κ3) is 3.66. The first-order valence-electron chi connectivity index (χ1n) is 3.64. The van der Waals surface area contributed by atoms with Gasteiger partial charge in [-0.25, -0.2) is 0 Å². The van der Waals surface area contributed by atoms with E-state index in [4.69, 9.17) is 22.7 Å². The molecule has 0 aromatic heterocycles. The first-order chi connectivity index (χ1) is 6.18. The minimum absolute atomic E-state index is 0.283. The molecule has 4 nitrogen and oxygen atoms in total. The molecule has 0 saturated carbocycles. The summed E-state index contributed by atoms with van der Waals surface area (Å²) in [5.41, 5.74) is 5.96. The standard InChI is InChI=1S/C8H9ClN4/c9-7-3-1-6(2-4-7)5-12-13-8(10)11/h1-4H,5H2,(H3,10,11). The Balaban J connectivity index is 2.55. The molecule has 0 bridgehead atoms. The van der Waals surface area contributed by atoms with E-state index in [1.54, 1.807) is 12.1 Å². The number of halogens is 1. The Kier molecular flexibility index (Phi) is 3.40. The summed E-state index contributed by atoms with van der Waals surface area (Å²) in [4.78, 5) is 0. The number of nitrogens with one attached hydrogen (secondary N) is 1. The van der Waals surface area contributed by atoms with Crippen molar-refractivity contribution in [3.8, 4) is 0 Å². The van der Waals surface area contributed by atoms with Crippen LogP contribution in [0.2, 0.25) is 5.02 Å². The molecule has 5 heteroatoms. The van der Waals surface area contributed by atoms with Crippen molar-refractivity contribution in [3.63, 3.8) is 0 Å². The van der Waals surface area contributed by atoms with Gasteiger partial charge in [0.15, 0.2) is 0 Å². The number of nitrogens with zero attached hydrogens (tertiary/aromatic N) is 2. The van der Waals surface area contributed by atoms with Gasteiger partial charge in [-0.1, -0.05) is 23.7 Å². The molecular weight excluding hydrogens is 188 g/mol. The predicted octanol–water partition coefficient (Wildman–Crippen LogP) is 2.19. The van der Waals surface area contributed by atoms with Gasteiger partial charge < -0.3 is 5.73 Å². The molecule has 13 heavy (non-hydrogen) atoms. The van der Waals surface area contributed by atoms with Crippen LogP contribution < -0.4 is 5.73 Å². The Morgan fingerprint density at radius 1 is 1.38 bits per heavy atom. The van der Waals surface area contributed by atoms with E-state index in [1.807, 2.05) is 12.1 Å². The van der Waals surface area contributed by atoms with Crippen LogP contribution in [-0.2, 0) is 6.54 Å². The molecule has 1 aromatic rings. The van der Waals surface area contributed by atoms with Gasteiger partial charge in [-0.2, -0.15) is 5.11 Å². The zero-order chi connectivity index (χ0) is 9.68. The van der Waals surface area contributed by atoms with Crippen molar-refractivity contribution in [2.75, 3.05) is 0 Å². The summed E-state index contributed by atoms with van der Waals surface area (Å²) in [5.74, 6) is -0.283. The maximum absolute atomic E-state index is 6.79. The summed E-state index contributed by atoms with van der Waals surface area (Å²) < 4.78 is 0. The molecule has 0 aliphatic carbocycles. The van der Waals surface area contributed by atoms with Crippen LogP contribution in [-0.4, -0.2) is 5.96 Å². The summed E-state index contributed by atoms with van der Waals surface area (Å²) in [6.07, 6.45) is 0. The summed E-state index contributed by atoms with van der Waals surface area (Å²) in [5, 5.41) is 14.6. The van der Waals surface area contributed by atoms with Crippen molar-refractivity contribution >= 4 is 17.6 Å². The van der Waals surface area contributed by atoms with E-state index in [1.165, 1.54) is 0 Å². The van der Waals surface area contributed by atoms with Crippen LogP contribution in [0.15, 0.2) is 34.5 Å². The quantitative estimate of drug-likeness (QED) is 0.425. The topological polar surface area (TPSA) is 74.6 Å². The number of benzene rings is 1. The number of nitrogens with two attached hydrogens (primary N) is 1. The molecule has 3 N–H and O–H groups in total. The van der Waals surface area contributed by atoms with Crippen LogP contribution in [0.3, 0.4) is 0 Å². The Morgan fingerprint density at radius 3 is 2.54 bits per heavy atom. The zero-order valence-electron chi connectivity index (χ0n) is 6.87. The zero-order valence-corrected chi connectivity index (χ0v) is 7.62. The van der Waals surface area contributed by atoms with Crippen molar-refractivity contribution in [2.45, 2.75) is 6.54 Å². The van der Waals surface area contributed by atoms with Gasteiger partial charge in [0, 0.05) is 5.02 Å². The molecule has 1 rings (SSSR count). The fourth-order valence-electron chi connectivity index (χ4n) is 0.783. The van der Waals surface area contributed by atoms with Crippen LogP contribution in [0.4, 0.5) is 0 Å². The van der Waals surface area contributed by atoms with E-state index >= 15 is 0 Å². The maximum atomic E-state index is 6.79. The first-order valence-corrected chi connectivity index (χ1v) is 4.02. The van der Waals surface area contributed by atoms with Crippen LogP contribution in [0.1, 0.15) is 5.56 Å². The summed E-state index contributed by atoms with van der Waals surface area (Å²) in [6, 6.07) is 7.25. The van der Waals surface area contributed by atoms with Crippen molar-refractivity contribution in [1.29, 1.82) is 5.41 Å². The number of hydrogen-bond donors (Lipinski definition) is 2. The van der Waals surface area contributed by atoms with Gasteiger partial charge in [0.1, 0.15) is 0 Å².